The van der Waals surface area contributed by atoms with Gasteiger partial charge in [-0.25, -0.2) is 4.79 Å². The molecule has 116 valence electrons. The monoisotopic (exact) mass is 306 g/mol. The van der Waals surface area contributed by atoms with Gasteiger partial charge in [-0.3, -0.25) is 0 Å². The molecule has 3 nitrogen and oxygen atoms in total. The van der Waals surface area contributed by atoms with Crippen LogP contribution in [0.1, 0.15) is 17.0 Å². The van der Waals surface area contributed by atoms with Gasteiger partial charge in [0, 0.05) is 11.5 Å². The quantitative estimate of drug-likeness (QED) is 0.460. The Hall–Kier alpha value is -2.81. The van der Waals surface area contributed by atoms with E-state index in [-0.39, 0.29) is 18.5 Å². The van der Waals surface area contributed by atoms with Crippen LogP contribution in [0.3, 0.4) is 0 Å². The molecule has 2 aromatic rings. The van der Waals surface area contributed by atoms with Gasteiger partial charge in [-0.05, 0) is 23.3 Å². The third-order valence-corrected chi connectivity index (χ3v) is 3.77. The van der Waals surface area contributed by atoms with Crippen LogP contribution in [0.15, 0.2) is 72.8 Å². The minimum Gasteiger partial charge on any atom is -0.490 e. The molecule has 1 atom stereocenters. The van der Waals surface area contributed by atoms with Crippen LogP contribution in [0.4, 0.5) is 0 Å². The average Bonchev–Trinajstić information content (AvgIpc) is 3.03. The first-order valence-electron chi connectivity index (χ1n) is 7.56. The van der Waals surface area contributed by atoms with E-state index in [1.54, 1.807) is 0 Å². The maximum Gasteiger partial charge on any atom is 0.334 e. The molecule has 0 aliphatic heterocycles. The number of allylic oxidation sites excluding steroid dienone is 1. The molecule has 0 saturated heterocycles. The van der Waals surface area contributed by atoms with Gasteiger partial charge < -0.3 is 9.47 Å². The van der Waals surface area contributed by atoms with Crippen LogP contribution in [0, 0.1) is 0 Å². The highest BCUT2D eigenvalue weighted by Gasteiger charge is 2.24. The lowest BCUT2D eigenvalue weighted by molar-refractivity contribution is -0.139. The highest BCUT2D eigenvalue weighted by molar-refractivity contribution is 5.91. The lowest BCUT2D eigenvalue weighted by Crippen LogP contribution is -2.16. The number of hydrogen-bond acceptors (Lipinski definition) is 3. The summed E-state index contributed by atoms with van der Waals surface area (Å²) in [6, 6.07) is 17.4. The number of ether oxygens (including phenoxy) is 2. The second kappa shape index (κ2) is 6.97. The number of para-hydroxylation sites is 1. The summed E-state index contributed by atoms with van der Waals surface area (Å²) >= 11 is 0. The van der Waals surface area contributed by atoms with E-state index in [9.17, 15) is 4.79 Å². The van der Waals surface area contributed by atoms with Crippen molar-refractivity contribution in [2.24, 2.45) is 0 Å². The van der Waals surface area contributed by atoms with E-state index in [0.717, 1.165) is 16.9 Å². The van der Waals surface area contributed by atoms with E-state index in [0.29, 0.717) is 12.2 Å². The first-order chi connectivity index (χ1) is 11.3. The minimum atomic E-state index is -0.381. The summed E-state index contributed by atoms with van der Waals surface area (Å²) in [5.74, 6) is 0.275. The van der Waals surface area contributed by atoms with Crippen LogP contribution in [-0.4, -0.2) is 19.2 Å². The summed E-state index contributed by atoms with van der Waals surface area (Å²) in [5, 5.41) is 0. The van der Waals surface area contributed by atoms with Gasteiger partial charge >= 0.3 is 5.97 Å². The third-order valence-electron chi connectivity index (χ3n) is 3.77. The Labute approximate surface area is 135 Å². The topological polar surface area (TPSA) is 35.5 Å². The largest absolute Gasteiger partial charge is 0.490 e. The standard InChI is InChI=1S/C20H18O3/c1-15(18-12-11-16-7-5-6-10-19(16)18)20(21)23-14-13-22-17-8-3-2-4-9-17/h2-12,18H,1,13-14H2. The van der Waals surface area contributed by atoms with Gasteiger partial charge in [0.1, 0.15) is 19.0 Å². The predicted molar refractivity (Wildman–Crippen MR) is 90.3 cm³/mol. The normalized spacial score (nSPS) is 15.0. The molecule has 2 aromatic carbocycles. The van der Waals surface area contributed by atoms with Gasteiger partial charge in [-0.1, -0.05) is 61.2 Å². The lowest BCUT2D eigenvalue weighted by Gasteiger charge is -2.14. The summed E-state index contributed by atoms with van der Waals surface area (Å²) in [6.07, 6.45) is 3.99. The van der Waals surface area contributed by atoms with Crippen molar-refractivity contribution < 1.29 is 14.3 Å². The van der Waals surface area contributed by atoms with Crippen molar-refractivity contribution in [3.63, 3.8) is 0 Å². The second-order valence-corrected chi connectivity index (χ2v) is 5.29. The van der Waals surface area contributed by atoms with Crippen LogP contribution < -0.4 is 4.74 Å². The molecule has 3 heteroatoms. The molecule has 3 rings (SSSR count). The fraction of sp³-hybridized carbons (Fsp3) is 0.150. The van der Waals surface area contributed by atoms with E-state index >= 15 is 0 Å². The van der Waals surface area contributed by atoms with Crippen molar-refractivity contribution in [3.05, 3.63) is 84.0 Å². The minimum absolute atomic E-state index is 0.103. The zero-order valence-electron chi connectivity index (χ0n) is 12.8. The SMILES string of the molecule is C=C(C(=O)OCCOc1ccccc1)C1C=Cc2ccccc21. The Morgan fingerprint density at radius 2 is 1.74 bits per heavy atom. The van der Waals surface area contributed by atoms with Crippen LogP contribution >= 0.6 is 0 Å². The molecule has 0 N–H and O–H groups in total. The van der Waals surface area contributed by atoms with Crippen LogP contribution in [0.2, 0.25) is 0 Å². The summed E-state index contributed by atoms with van der Waals surface area (Å²) in [6.45, 7) is 4.42. The second-order valence-electron chi connectivity index (χ2n) is 5.29. The summed E-state index contributed by atoms with van der Waals surface area (Å²) in [4.78, 5) is 12.1. The number of carbonyl (C=O) groups excluding carboxylic acids is 1. The van der Waals surface area contributed by atoms with Crippen LogP contribution in [-0.2, 0) is 9.53 Å². The third kappa shape index (κ3) is 3.51. The average molecular weight is 306 g/mol. The van der Waals surface area contributed by atoms with E-state index in [1.807, 2.05) is 66.7 Å². The first kappa shape index (κ1) is 15.1. The Morgan fingerprint density at radius 3 is 2.57 bits per heavy atom. The summed E-state index contributed by atoms with van der Waals surface area (Å²) < 4.78 is 10.8. The molecule has 1 aliphatic carbocycles. The molecule has 0 radical (unpaired) electrons. The number of carbonyl (C=O) groups is 1. The predicted octanol–water partition coefficient (Wildman–Crippen LogP) is 3.98. The van der Waals surface area contributed by atoms with Crippen molar-refractivity contribution >= 4 is 12.0 Å². The van der Waals surface area contributed by atoms with Crippen molar-refractivity contribution in [1.82, 2.24) is 0 Å². The zero-order chi connectivity index (χ0) is 16.1. The van der Waals surface area contributed by atoms with Gasteiger partial charge in [0.25, 0.3) is 0 Å². The molecular weight excluding hydrogens is 288 g/mol. The molecule has 0 spiro atoms. The lowest BCUT2D eigenvalue weighted by atomic mass is 9.94. The molecule has 0 amide bonds. The maximum absolute atomic E-state index is 12.1. The van der Waals surface area contributed by atoms with Crippen molar-refractivity contribution in [3.8, 4) is 5.75 Å². The molecular formula is C20H18O3. The van der Waals surface area contributed by atoms with E-state index < -0.39 is 0 Å². The number of benzene rings is 2. The maximum atomic E-state index is 12.1. The van der Waals surface area contributed by atoms with E-state index in [1.165, 1.54) is 0 Å². The molecule has 0 saturated carbocycles. The van der Waals surface area contributed by atoms with Gasteiger partial charge in [0.2, 0.25) is 0 Å². The van der Waals surface area contributed by atoms with Crippen molar-refractivity contribution in [2.75, 3.05) is 13.2 Å². The van der Waals surface area contributed by atoms with Gasteiger partial charge in [-0.15, -0.1) is 0 Å². The first-order valence-corrected chi connectivity index (χ1v) is 7.56. The highest BCUT2D eigenvalue weighted by atomic mass is 16.6. The Kier molecular flexibility index (Phi) is 4.57. The molecule has 1 unspecified atom stereocenters. The Bertz CT molecular complexity index is 732. The zero-order valence-corrected chi connectivity index (χ0v) is 12.8. The van der Waals surface area contributed by atoms with Crippen LogP contribution in [0.25, 0.3) is 6.08 Å². The fourth-order valence-corrected chi connectivity index (χ4v) is 2.58. The van der Waals surface area contributed by atoms with Gasteiger partial charge in [0.15, 0.2) is 0 Å². The van der Waals surface area contributed by atoms with Crippen molar-refractivity contribution in [1.29, 1.82) is 0 Å². The Balaban J connectivity index is 1.49. The molecule has 1 aliphatic rings. The van der Waals surface area contributed by atoms with Crippen LogP contribution in [0.5, 0.6) is 5.75 Å². The number of fused-ring (bicyclic) bond motifs is 1. The fourth-order valence-electron chi connectivity index (χ4n) is 2.58. The Morgan fingerprint density at radius 1 is 1.00 bits per heavy atom. The number of rotatable bonds is 6. The molecule has 0 bridgehead atoms. The molecule has 0 fully saturated rings. The smallest absolute Gasteiger partial charge is 0.334 e. The molecule has 23 heavy (non-hydrogen) atoms. The van der Waals surface area contributed by atoms with Gasteiger partial charge in [-0.2, -0.15) is 0 Å². The molecule has 0 heterocycles. The van der Waals surface area contributed by atoms with Gasteiger partial charge in [0.05, 0.1) is 0 Å². The summed E-state index contributed by atoms with van der Waals surface area (Å²) in [5.41, 5.74) is 2.67. The number of esters is 1. The highest BCUT2D eigenvalue weighted by Crippen LogP contribution is 2.34. The summed E-state index contributed by atoms with van der Waals surface area (Å²) in [7, 11) is 0. The molecule has 0 aromatic heterocycles. The van der Waals surface area contributed by atoms with E-state index in [2.05, 4.69) is 6.58 Å². The van der Waals surface area contributed by atoms with E-state index in [4.69, 9.17) is 9.47 Å². The van der Waals surface area contributed by atoms with Crippen molar-refractivity contribution in [2.45, 2.75) is 5.92 Å². The number of hydrogen-bond donors (Lipinski definition) is 0.